The standard InChI is InChI=1S/C13H18NO2/c1-5-9(3)13-10(4)12(14(15)16)8-7-11(13)6-2/h7,9H,5-6H2,1-4H3. The average Bonchev–Trinajstić information content (AvgIpc) is 2.26. The van der Waals surface area contributed by atoms with Crippen LogP contribution in [0, 0.1) is 23.1 Å². The van der Waals surface area contributed by atoms with Gasteiger partial charge < -0.3 is 0 Å². The summed E-state index contributed by atoms with van der Waals surface area (Å²) >= 11 is 0. The number of benzene rings is 1. The summed E-state index contributed by atoms with van der Waals surface area (Å²) in [6.07, 6.45) is 1.89. The summed E-state index contributed by atoms with van der Waals surface area (Å²) in [7, 11) is 0. The number of hydrogen-bond acceptors (Lipinski definition) is 2. The van der Waals surface area contributed by atoms with Gasteiger partial charge in [0.1, 0.15) is 0 Å². The van der Waals surface area contributed by atoms with Gasteiger partial charge in [0.2, 0.25) is 0 Å². The summed E-state index contributed by atoms with van der Waals surface area (Å²) in [4.78, 5) is 10.5. The topological polar surface area (TPSA) is 43.1 Å². The molecule has 0 aliphatic rings. The SMILES string of the molecule is CCc1c[c]c([N+](=O)[O-])c(C)c1C(C)CC. The molecule has 1 radical (unpaired) electrons. The Balaban J connectivity index is 3.40. The van der Waals surface area contributed by atoms with Gasteiger partial charge in [-0.1, -0.05) is 20.8 Å². The molecule has 0 saturated carbocycles. The van der Waals surface area contributed by atoms with Crippen molar-refractivity contribution in [3.8, 4) is 0 Å². The van der Waals surface area contributed by atoms with Gasteiger partial charge in [-0.3, -0.25) is 10.1 Å². The number of nitrogens with zero attached hydrogens (tertiary/aromatic N) is 1. The van der Waals surface area contributed by atoms with Crippen LogP contribution in [0.25, 0.3) is 0 Å². The molecule has 0 aromatic heterocycles. The third kappa shape index (κ3) is 2.23. The lowest BCUT2D eigenvalue weighted by molar-refractivity contribution is -0.385. The van der Waals surface area contributed by atoms with Gasteiger partial charge in [-0.2, -0.15) is 0 Å². The molecule has 3 nitrogen and oxygen atoms in total. The second kappa shape index (κ2) is 5.10. The van der Waals surface area contributed by atoms with Crippen molar-refractivity contribution in [2.45, 2.75) is 46.5 Å². The predicted octanol–water partition coefficient (Wildman–Crippen LogP) is 3.78. The van der Waals surface area contributed by atoms with Crippen molar-refractivity contribution in [3.63, 3.8) is 0 Å². The quantitative estimate of drug-likeness (QED) is 0.572. The first-order chi connectivity index (χ1) is 7.52. The van der Waals surface area contributed by atoms with E-state index >= 15 is 0 Å². The highest BCUT2D eigenvalue weighted by molar-refractivity contribution is 5.49. The Labute approximate surface area is 96.6 Å². The Kier molecular flexibility index (Phi) is 4.05. The van der Waals surface area contributed by atoms with E-state index in [0.717, 1.165) is 24.0 Å². The van der Waals surface area contributed by atoms with Crippen LogP contribution in [-0.4, -0.2) is 4.92 Å². The predicted molar refractivity (Wildman–Crippen MR) is 64.8 cm³/mol. The molecule has 0 heterocycles. The normalized spacial score (nSPS) is 12.5. The maximum absolute atomic E-state index is 10.9. The molecule has 0 amide bonds. The Hall–Kier alpha value is -1.38. The molecule has 0 N–H and O–H groups in total. The van der Waals surface area contributed by atoms with Crippen LogP contribution in [0.5, 0.6) is 0 Å². The number of nitro groups is 1. The third-order valence-corrected chi connectivity index (χ3v) is 3.16. The van der Waals surface area contributed by atoms with Gasteiger partial charge in [-0.05, 0) is 42.9 Å². The largest absolute Gasteiger partial charge is 0.280 e. The smallest absolute Gasteiger partial charge is 0.258 e. The fourth-order valence-electron chi connectivity index (χ4n) is 2.08. The first kappa shape index (κ1) is 12.7. The maximum Gasteiger partial charge on any atom is 0.280 e. The molecule has 3 heteroatoms. The van der Waals surface area contributed by atoms with Crippen molar-refractivity contribution < 1.29 is 4.92 Å². The fraction of sp³-hybridized carbons (Fsp3) is 0.538. The summed E-state index contributed by atoms with van der Waals surface area (Å²) in [6.45, 7) is 8.12. The fourth-order valence-corrected chi connectivity index (χ4v) is 2.08. The first-order valence-electron chi connectivity index (χ1n) is 5.71. The molecule has 0 aliphatic heterocycles. The molecule has 1 aromatic rings. The minimum Gasteiger partial charge on any atom is -0.258 e. The third-order valence-electron chi connectivity index (χ3n) is 3.16. The van der Waals surface area contributed by atoms with Gasteiger partial charge in [-0.25, -0.2) is 0 Å². The van der Waals surface area contributed by atoms with E-state index in [1.807, 2.05) is 6.92 Å². The van der Waals surface area contributed by atoms with E-state index in [1.165, 1.54) is 5.56 Å². The monoisotopic (exact) mass is 220 g/mol. The Morgan fingerprint density at radius 3 is 2.56 bits per heavy atom. The van der Waals surface area contributed by atoms with Crippen LogP contribution in [0.1, 0.15) is 49.8 Å². The summed E-state index contributed by atoms with van der Waals surface area (Å²) < 4.78 is 0. The minimum absolute atomic E-state index is 0.118. The molecule has 87 valence electrons. The van der Waals surface area contributed by atoms with E-state index in [4.69, 9.17) is 0 Å². The lowest BCUT2D eigenvalue weighted by atomic mass is 9.88. The molecule has 0 spiro atoms. The van der Waals surface area contributed by atoms with E-state index < -0.39 is 0 Å². The van der Waals surface area contributed by atoms with E-state index in [0.29, 0.717) is 5.92 Å². The summed E-state index contributed by atoms with van der Waals surface area (Å²) in [6, 6.07) is 4.55. The van der Waals surface area contributed by atoms with Crippen LogP contribution >= 0.6 is 0 Å². The Morgan fingerprint density at radius 2 is 2.12 bits per heavy atom. The summed E-state index contributed by atoms with van der Waals surface area (Å²) in [5.74, 6) is 0.364. The van der Waals surface area contributed by atoms with Gasteiger partial charge in [0, 0.05) is 5.56 Å². The molecule has 1 rings (SSSR count). The van der Waals surface area contributed by atoms with E-state index in [1.54, 1.807) is 6.07 Å². The highest BCUT2D eigenvalue weighted by Gasteiger charge is 2.19. The zero-order valence-electron chi connectivity index (χ0n) is 10.3. The number of aryl methyl sites for hydroxylation is 1. The molecule has 1 unspecified atom stereocenters. The van der Waals surface area contributed by atoms with Crippen molar-refractivity contribution in [1.29, 1.82) is 0 Å². The van der Waals surface area contributed by atoms with Gasteiger partial charge >= 0.3 is 0 Å². The molecule has 0 aliphatic carbocycles. The highest BCUT2D eigenvalue weighted by atomic mass is 16.6. The molecule has 16 heavy (non-hydrogen) atoms. The number of rotatable bonds is 4. The summed E-state index contributed by atoms with van der Waals surface area (Å²) in [5.41, 5.74) is 3.21. The Morgan fingerprint density at radius 1 is 1.50 bits per heavy atom. The number of nitro benzene ring substituents is 1. The van der Waals surface area contributed by atoms with Crippen LogP contribution < -0.4 is 0 Å². The zero-order valence-corrected chi connectivity index (χ0v) is 10.3. The lowest BCUT2D eigenvalue weighted by Gasteiger charge is -2.16. The highest BCUT2D eigenvalue weighted by Crippen LogP contribution is 2.31. The first-order valence-corrected chi connectivity index (χ1v) is 5.71. The zero-order chi connectivity index (χ0) is 12.3. The number of hydrogen-bond donors (Lipinski definition) is 0. The molecule has 1 atom stereocenters. The lowest BCUT2D eigenvalue weighted by Crippen LogP contribution is -2.04. The molecule has 0 bridgehead atoms. The van der Waals surface area contributed by atoms with Crippen LogP contribution in [0.4, 0.5) is 5.69 Å². The van der Waals surface area contributed by atoms with Crippen molar-refractivity contribution in [1.82, 2.24) is 0 Å². The van der Waals surface area contributed by atoms with Crippen molar-refractivity contribution in [2.75, 3.05) is 0 Å². The van der Waals surface area contributed by atoms with Crippen molar-refractivity contribution >= 4 is 5.69 Å². The average molecular weight is 220 g/mol. The van der Waals surface area contributed by atoms with Crippen LogP contribution in [-0.2, 0) is 6.42 Å². The van der Waals surface area contributed by atoms with Crippen LogP contribution in [0.2, 0.25) is 0 Å². The molecule has 0 saturated heterocycles. The molecule has 0 fully saturated rings. The van der Waals surface area contributed by atoms with Crippen molar-refractivity contribution in [2.24, 2.45) is 0 Å². The van der Waals surface area contributed by atoms with Crippen LogP contribution in [0.15, 0.2) is 6.07 Å². The van der Waals surface area contributed by atoms with Crippen LogP contribution in [0.3, 0.4) is 0 Å². The second-order valence-electron chi connectivity index (χ2n) is 4.12. The van der Waals surface area contributed by atoms with Gasteiger partial charge in [-0.15, -0.1) is 0 Å². The van der Waals surface area contributed by atoms with E-state index in [9.17, 15) is 10.1 Å². The minimum atomic E-state index is -0.347. The van der Waals surface area contributed by atoms with Gasteiger partial charge in [0.15, 0.2) is 0 Å². The van der Waals surface area contributed by atoms with Crippen molar-refractivity contribution in [3.05, 3.63) is 38.9 Å². The van der Waals surface area contributed by atoms with E-state index in [-0.39, 0.29) is 10.6 Å². The summed E-state index contributed by atoms with van der Waals surface area (Å²) in [5, 5.41) is 10.9. The van der Waals surface area contributed by atoms with Gasteiger partial charge in [0.25, 0.3) is 5.69 Å². The molecule has 1 aromatic carbocycles. The Bertz CT molecular complexity index is 399. The van der Waals surface area contributed by atoms with E-state index in [2.05, 4.69) is 26.8 Å². The molecular weight excluding hydrogens is 202 g/mol. The second-order valence-corrected chi connectivity index (χ2v) is 4.12. The van der Waals surface area contributed by atoms with Gasteiger partial charge in [0.05, 0.1) is 11.0 Å². The molecular formula is C13H18NO2. The maximum atomic E-state index is 10.9.